The van der Waals surface area contributed by atoms with Crippen LogP contribution in [0.1, 0.15) is 15.9 Å². The van der Waals surface area contributed by atoms with Crippen LogP contribution in [-0.2, 0) is 19.6 Å². The minimum absolute atomic E-state index is 0.0876. The van der Waals surface area contributed by atoms with Gasteiger partial charge in [-0.3, -0.25) is 19.7 Å². The second-order valence-corrected chi connectivity index (χ2v) is 7.04. The maximum absolute atomic E-state index is 12.5. The fourth-order valence-electron chi connectivity index (χ4n) is 2.13. The maximum Gasteiger partial charge on any atom is 0.339 e. The Kier molecular flexibility index (Phi) is 6.31. The Morgan fingerprint density at radius 1 is 1.14 bits per heavy atom. The zero-order chi connectivity index (χ0) is 20.9. The summed E-state index contributed by atoms with van der Waals surface area (Å²) in [7, 11) is -3.14. The molecule has 1 N–H and O–H groups in total. The monoisotopic (exact) mass is 408 g/mol. The summed E-state index contributed by atoms with van der Waals surface area (Å²) in [5.41, 5.74) is 0.0648. The molecule has 0 unspecified atom stereocenters. The number of nitro groups is 1. The SMILES string of the molecule is COC(=O)CNC(=O)c1ccc(OS(=O)(=O)c2cc([N+](=O)[O-])ccc2C)cc1. The molecule has 11 heteroatoms. The minimum Gasteiger partial charge on any atom is -0.468 e. The number of nitrogens with zero attached hydrogens (tertiary/aromatic N) is 1. The molecule has 148 valence electrons. The van der Waals surface area contributed by atoms with E-state index in [-0.39, 0.29) is 34.0 Å². The molecule has 0 aliphatic rings. The van der Waals surface area contributed by atoms with Crippen LogP contribution < -0.4 is 9.50 Å². The standard InChI is InChI=1S/C17H16N2O8S/c1-11-3-6-13(19(22)23)9-15(11)28(24,25)27-14-7-4-12(5-8-14)17(21)18-10-16(20)26-2/h3-9H,10H2,1-2H3,(H,18,21). The van der Waals surface area contributed by atoms with Gasteiger partial charge in [0.15, 0.2) is 0 Å². The Bertz CT molecular complexity index is 1020. The number of ether oxygens (including phenoxy) is 1. The molecular weight excluding hydrogens is 392 g/mol. The van der Waals surface area contributed by atoms with Crippen LogP contribution in [0, 0.1) is 17.0 Å². The molecule has 10 nitrogen and oxygen atoms in total. The van der Waals surface area contributed by atoms with Gasteiger partial charge in [0.05, 0.1) is 12.0 Å². The highest BCUT2D eigenvalue weighted by molar-refractivity contribution is 7.87. The molecule has 0 fully saturated rings. The average molecular weight is 408 g/mol. The van der Waals surface area contributed by atoms with Crippen molar-refractivity contribution in [3.63, 3.8) is 0 Å². The van der Waals surface area contributed by atoms with Gasteiger partial charge in [-0.05, 0) is 36.8 Å². The molecule has 2 aromatic rings. The van der Waals surface area contributed by atoms with E-state index in [2.05, 4.69) is 10.1 Å². The van der Waals surface area contributed by atoms with Crippen LogP contribution in [0.3, 0.4) is 0 Å². The number of carbonyl (C=O) groups excluding carboxylic acids is 2. The van der Waals surface area contributed by atoms with Gasteiger partial charge >= 0.3 is 16.1 Å². The van der Waals surface area contributed by atoms with Crippen molar-refractivity contribution in [1.82, 2.24) is 5.32 Å². The molecule has 0 saturated carbocycles. The lowest BCUT2D eigenvalue weighted by Crippen LogP contribution is -2.30. The highest BCUT2D eigenvalue weighted by atomic mass is 32.2. The van der Waals surface area contributed by atoms with E-state index in [1.165, 1.54) is 50.4 Å². The highest BCUT2D eigenvalue weighted by Gasteiger charge is 2.23. The lowest BCUT2D eigenvalue weighted by molar-refractivity contribution is -0.385. The molecule has 28 heavy (non-hydrogen) atoms. The first-order valence-corrected chi connectivity index (χ1v) is 9.19. The number of non-ortho nitro benzene ring substituents is 1. The summed E-state index contributed by atoms with van der Waals surface area (Å²) in [5.74, 6) is -1.27. The van der Waals surface area contributed by atoms with Crippen molar-refractivity contribution in [3.05, 3.63) is 63.7 Å². The second-order valence-electron chi connectivity index (χ2n) is 5.53. The van der Waals surface area contributed by atoms with Gasteiger partial charge in [-0.1, -0.05) is 6.07 Å². The summed E-state index contributed by atoms with van der Waals surface area (Å²) in [6.45, 7) is 1.17. The van der Waals surface area contributed by atoms with Crippen molar-refractivity contribution in [2.75, 3.05) is 13.7 Å². The van der Waals surface area contributed by atoms with E-state index >= 15 is 0 Å². The molecule has 0 spiro atoms. The zero-order valence-corrected chi connectivity index (χ0v) is 15.7. The van der Waals surface area contributed by atoms with E-state index in [4.69, 9.17) is 4.18 Å². The van der Waals surface area contributed by atoms with Crippen LogP contribution in [-0.4, -0.2) is 38.9 Å². The number of benzene rings is 2. The number of esters is 1. The predicted octanol–water partition coefficient (Wildman–Crippen LogP) is 1.57. The quantitative estimate of drug-likeness (QED) is 0.315. The van der Waals surface area contributed by atoms with E-state index < -0.39 is 26.9 Å². The number of methoxy groups -OCH3 is 1. The molecule has 0 saturated heterocycles. The lowest BCUT2D eigenvalue weighted by atomic mass is 10.2. The average Bonchev–Trinajstić information content (AvgIpc) is 2.66. The number of aryl methyl sites for hydroxylation is 1. The third-order valence-electron chi connectivity index (χ3n) is 3.60. The number of nitrogens with one attached hydrogen (secondary N) is 1. The first-order chi connectivity index (χ1) is 13.1. The van der Waals surface area contributed by atoms with Gasteiger partial charge in [0.2, 0.25) is 0 Å². The molecule has 2 rings (SSSR count). The summed E-state index contributed by atoms with van der Waals surface area (Å²) in [6.07, 6.45) is 0. The first-order valence-electron chi connectivity index (χ1n) is 7.78. The number of hydrogen-bond acceptors (Lipinski definition) is 8. The molecule has 0 bridgehead atoms. The van der Waals surface area contributed by atoms with Crippen molar-refractivity contribution >= 4 is 27.7 Å². The molecule has 0 atom stereocenters. The van der Waals surface area contributed by atoms with Crippen molar-refractivity contribution < 1.29 is 31.9 Å². The van der Waals surface area contributed by atoms with Crippen LogP contribution in [0.2, 0.25) is 0 Å². The van der Waals surface area contributed by atoms with Crippen LogP contribution >= 0.6 is 0 Å². The minimum atomic E-state index is -4.32. The van der Waals surface area contributed by atoms with Crippen LogP contribution in [0.25, 0.3) is 0 Å². The molecule has 0 aliphatic heterocycles. The molecule has 0 radical (unpaired) electrons. The molecule has 0 heterocycles. The van der Waals surface area contributed by atoms with Crippen molar-refractivity contribution in [1.29, 1.82) is 0 Å². The van der Waals surface area contributed by atoms with Crippen LogP contribution in [0.15, 0.2) is 47.4 Å². The van der Waals surface area contributed by atoms with Crippen molar-refractivity contribution in [2.45, 2.75) is 11.8 Å². The Balaban J connectivity index is 2.17. The van der Waals surface area contributed by atoms with Crippen LogP contribution in [0.5, 0.6) is 5.75 Å². The summed E-state index contributed by atoms with van der Waals surface area (Å²) in [6, 6.07) is 8.52. The van der Waals surface area contributed by atoms with E-state index in [0.29, 0.717) is 0 Å². The summed E-state index contributed by atoms with van der Waals surface area (Å²) in [4.78, 5) is 32.7. The fraction of sp³-hybridized carbons (Fsp3) is 0.176. The highest BCUT2D eigenvalue weighted by Crippen LogP contribution is 2.25. The summed E-state index contributed by atoms with van der Waals surface area (Å²) in [5, 5.41) is 13.2. The number of hydrogen-bond donors (Lipinski definition) is 1. The van der Waals surface area contributed by atoms with Gasteiger partial charge in [-0.15, -0.1) is 0 Å². The molecule has 0 aliphatic carbocycles. The smallest absolute Gasteiger partial charge is 0.339 e. The summed E-state index contributed by atoms with van der Waals surface area (Å²) >= 11 is 0. The van der Waals surface area contributed by atoms with Gasteiger partial charge in [0, 0.05) is 17.7 Å². The van der Waals surface area contributed by atoms with E-state index in [9.17, 15) is 28.1 Å². The van der Waals surface area contributed by atoms with Gasteiger partial charge in [0.1, 0.15) is 17.2 Å². The van der Waals surface area contributed by atoms with Crippen molar-refractivity contribution in [2.24, 2.45) is 0 Å². The Morgan fingerprint density at radius 2 is 1.79 bits per heavy atom. The van der Waals surface area contributed by atoms with E-state index in [1.807, 2.05) is 0 Å². The third-order valence-corrected chi connectivity index (χ3v) is 4.99. The largest absolute Gasteiger partial charge is 0.468 e. The second kappa shape index (κ2) is 8.48. The Hall–Kier alpha value is -3.47. The molecule has 2 aromatic carbocycles. The molecular formula is C17H16N2O8S. The van der Waals surface area contributed by atoms with Gasteiger partial charge < -0.3 is 14.2 Å². The maximum atomic E-state index is 12.5. The number of amides is 1. The van der Waals surface area contributed by atoms with Crippen LogP contribution in [0.4, 0.5) is 5.69 Å². The normalized spacial score (nSPS) is 10.8. The first kappa shape index (κ1) is 20.8. The third kappa shape index (κ3) is 5.04. The van der Waals surface area contributed by atoms with Crippen molar-refractivity contribution in [3.8, 4) is 5.75 Å². The topological polar surface area (TPSA) is 142 Å². The predicted molar refractivity (Wildman–Crippen MR) is 96.4 cm³/mol. The number of carbonyl (C=O) groups is 2. The number of rotatable bonds is 7. The van der Waals surface area contributed by atoms with E-state index in [1.54, 1.807) is 0 Å². The fourth-order valence-corrected chi connectivity index (χ4v) is 3.31. The van der Waals surface area contributed by atoms with Gasteiger partial charge in [-0.2, -0.15) is 8.42 Å². The summed E-state index contributed by atoms with van der Waals surface area (Å²) < 4.78 is 34.3. The zero-order valence-electron chi connectivity index (χ0n) is 14.9. The Labute approximate surface area is 160 Å². The Morgan fingerprint density at radius 3 is 2.36 bits per heavy atom. The van der Waals surface area contributed by atoms with E-state index in [0.717, 1.165) is 6.07 Å². The number of nitro benzene ring substituents is 1. The molecule has 1 amide bonds. The molecule has 0 aromatic heterocycles. The lowest BCUT2D eigenvalue weighted by Gasteiger charge is -2.10. The van der Waals surface area contributed by atoms with Gasteiger partial charge in [0.25, 0.3) is 11.6 Å². The van der Waals surface area contributed by atoms with Gasteiger partial charge in [-0.25, -0.2) is 0 Å².